The van der Waals surface area contributed by atoms with Gasteiger partial charge in [-0.25, -0.2) is 0 Å². The molecule has 1 aliphatic rings. The van der Waals surface area contributed by atoms with Gasteiger partial charge in [-0.3, -0.25) is 4.79 Å². The number of aliphatic carboxylic acids is 1. The molecule has 0 bridgehead atoms. The molecule has 0 radical (unpaired) electrons. The number of carboxylic acid groups (broad SMARTS) is 1. The van der Waals surface area contributed by atoms with Crippen LogP contribution in [0, 0.1) is 17.3 Å². The first-order valence-electron chi connectivity index (χ1n) is 4.82. The topological polar surface area (TPSA) is 63.3 Å². The fourth-order valence-corrected chi connectivity index (χ4v) is 2.32. The summed E-state index contributed by atoms with van der Waals surface area (Å²) in [7, 11) is 0. The number of hydrogen-bond acceptors (Lipinski definition) is 2. The van der Waals surface area contributed by atoms with Crippen molar-refractivity contribution >= 4 is 18.4 Å². The van der Waals surface area contributed by atoms with E-state index in [1.807, 2.05) is 0 Å². The third-order valence-corrected chi connectivity index (χ3v) is 3.15. The van der Waals surface area contributed by atoms with Crippen molar-refractivity contribution in [2.75, 3.05) is 0 Å². The Morgan fingerprint density at radius 1 is 1.36 bits per heavy atom. The SMILES string of the molecule is CC(C)(C)[C@@H]1CC[C@@H](C(=O)O)[C@H]1N.Cl. The smallest absolute Gasteiger partial charge is 0.308 e. The molecule has 0 spiro atoms. The van der Waals surface area contributed by atoms with Crippen LogP contribution in [0.2, 0.25) is 0 Å². The molecule has 0 saturated heterocycles. The Labute approximate surface area is 91.5 Å². The lowest BCUT2D eigenvalue weighted by atomic mass is 9.77. The highest BCUT2D eigenvalue weighted by Gasteiger charge is 2.42. The van der Waals surface area contributed by atoms with Crippen LogP contribution < -0.4 is 5.73 Å². The minimum atomic E-state index is -0.737. The molecule has 3 N–H and O–H groups in total. The molecule has 0 unspecified atom stereocenters. The highest BCUT2D eigenvalue weighted by atomic mass is 35.5. The van der Waals surface area contributed by atoms with Crippen LogP contribution in [0.4, 0.5) is 0 Å². The fraction of sp³-hybridized carbons (Fsp3) is 0.900. The quantitative estimate of drug-likeness (QED) is 0.711. The fourth-order valence-electron chi connectivity index (χ4n) is 2.32. The predicted molar refractivity (Wildman–Crippen MR) is 58.5 cm³/mol. The molecule has 4 heteroatoms. The van der Waals surface area contributed by atoms with E-state index in [-0.39, 0.29) is 29.8 Å². The van der Waals surface area contributed by atoms with Gasteiger partial charge < -0.3 is 10.8 Å². The molecule has 0 heterocycles. The summed E-state index contributed by atoms with van der Waals surface area (Å²) in [6.45, 7) is 6.38. The van der Waals surface area contributed by atoms with Crippen LogP contribution in [0.3, 0.4) is 0 Å². The van der Waals surface area contributed by atoms with Crippen LogP contribution >= 0.6 is 12.4 Å². The summed E-state index contributed by atoms with van der Waals surface area (Å²) < 4.78 is 0. The normalized spacial score (nSPS) is 32.4. The Hall–Kier alpha value is -0.280. The molecule has 1 rings (SSSR count). The van der Waals surface area contributed by atoms with Gasteiger partial charge in [0.1, 0.15) is 0 Å². The van der Waals surface area contributed by atoms with Gasteiger partial charge in [0.25, 0.3) is 0 Å². The van der Waals surface area contributed by atoms with Gasteiger partial charge in [0, 0.05) is 6.04 Å². The minimum absolute atomic E-state index is 0. The Morgan fingerprint density at radius 2 is 1.86 bits per heavy atom. The van der Waals surface area contributed by atoms with Crippen molar-refractivity contribution in [1.82, 2.24) is 0 Å². The molecule has 1 fully saturated rings. The minimum Gasteiger partial charge on any atom is -0.481 e. The molecule has 1 aliphatic carbocycles. The van der Waals surface area contributed by atoms with Crippen LogP contribution in [0.25, 0.3) is 0 Å². The number of halogens is 1. The van der Waals surface area contributed by atoms with Crippen LogP contribution in [-0.4, -0.2) is 17.1 Å². The standard InChI is InChI=1S/C10H19NO2.ClH/c1-10(2,3)7-5-4-6(8(7)11)9(12)13;/h6-8H,4-5,11H2,1-3H3,(H,12,13);1H/t6-,7-,8-;/m1./s1. The Bertz CT molecular complexity index is 213. The van der Waals surface area contributed by atoms with E-state index in [1.54, 1.807) is 0 Å². The average molecular weight is 222 g/mol. The van der Waals surface area contributed by atoms with Gasteiger partial charge in [0.15, 0.2) is 0 Å². The van der Waals surface area contributed by atoms with Gasteiger partial charge in [0.05, 0.1) is 5.92 Å². The van der Waals surface area contributed by atoms with Gasteiger partial charge in [-0.2, -0.15) is 0 Å². The first kappa shape index (κ1) is 13.7. The Morgan fingerprint density at radius 3 is 2.07 bits per heavy atom. The van der Waals surface area contributed by atoms with Crippen molar-refractivity contribution in [2.45, 2.75) is 39.7 Å². The summed E-state index contributed by atoms with van der Waals surface area (Å²) in [5.41, 5.74) is 6.06. The van der Waals surface area contributed by atoms with E-state index in [9.17, 15) is 4.79 Å². The van der Waals surface area contributed by atoms with Crippen LogP contribution in [0.15, 0.2) is 0 Å². The maximum atomic E-state index is 10.8. The number of hydrogen-bond donors (Lipinski definition) is 2. The lowest BCUT2D eigenvalue weighted by Crippen LogP contribution is -2.40. The third-order valence-electron chi connectivity index (χ3n) is 3.15. The summed E-state index contributed by atoms with van der Waals surface area (Å²) in [5.74, 6) is -0.725. The molecule has 84 valence electrons. The summed E-state index contributed by atoms with van der Waals surface area (Å²) in [5, 5.41) is 8.89. The highest BCUT2D eigenvalue weighted by Crippen LogP contribution is 2.41. The van der Waals surface area contributed by atoms with Crippen molar-refractivity contribution in [2.24, 2.45) is 23.0 Å². The molecule has 0 aromatic heterocycles. The maximum Gasteiger partial charge on any atom is 0.308 e. The van der Waals surface area contributed by atoms with E-state index in [2.05, 4.69) is 20.8 Å². The predicted octanol–water partition coefficient (Wildman–Crippen LogP) is 1.89. The van der Waals surface area contributed by atoms with Crippen LogP contribution in [0.5, 0.6) is 0 Å². The van der Waals surface area contributed by atoms with E-state index in [0.29, 0.717) is 5.92 Å². The van der Waals surface area contributed by atoms with Gasteiger partial charge in [-0.15, -0.1) is 12.4 Å². The molecule has 14 heavy (non-hydrogen) atoms. The molecular formula is C10H20ClNO2. The maximum absolute atomic E-state index is 10.8. The molecule has 0 aromatic carbocycles. The van der Waals surface area contributed by atoms with Gasteiger partial charge in [-0.05, 0) is 24.2 Å². The van der Waals surface area contributed by atoms with Crippen molar-refractivity contribution < 1.29 is 9.90 Å². The highest BCUT2D eigenvalue weighted by molar-refractivity contribution is 5.85. The first-order valence-corrected chi connectivity index (χ1v) is 4.82. The van der Waals surface area contributed by atoms with E-state index in [1.165, 1.54) is 0 Å². The molecule has 0 aromatic rings. The van der Waals surface area contributed by atoms with E-state index in [4.69, 9.17) is 10.8 Å². The van der Waals surface area contributed by atoms with E-state index < -0.39 is 5.97 Å². The Kier molecular flexibility index (Phi) is 4.40. The van der Waals surface area contributed by atoms with Gasteiger partial charge >= 0.3 is 5.97 Å². The van der Waals surface area contributed by atoms with Gasteiger partial charge in [0.2, 0.25) is 0 Å². The van der Waals surface area contributed by atoms with E-state index in [0.717, 1.165) is 12.8 Å². The monoisotopic (exact) mass is 221 g/mol. The van der Waals surface area contributed by atoms with Crippen molar-refractivity contribution in [1.29, 1.82) is 0 Å². The first-order chi connectivity index (χ1) is 5.84. The number of rotatable bonds is 1. The molecular weight excluding hydrogens is 202 g/mol. The van der Waals surface area contributed by atoms with Crippen molar-refractivity contribution in [3.63, 3.8) is 0 Å². The lowest BCUT2D eigenvalue weighted by molar-refractivity contribution is -0.142. The average Bonchev–Trinajstić information content (AvgIpc) is 2.28. The van der Waals surface area contributed by atoms with Crippen LogP contribution in [-0.2, 0) is 4.79 Å². The zero-order chi connectivity index (χ0) is 10.2. The summed E-state index contributed by atoms with van der Waals surface area (Å²) in [6, 6.07) is -0.169. The van der Waals surface area contributed by atoms with E-state index >= 15 is 0 Å². The molecule has 3 atom stereocenters. The second-order valence-electron chi connectivity index (χ2n) is 5.07. The van der Waals surface area contributed by atoms with Crippen molar-refractivity contribution in [3.8, 4) is 0 Å². The second-order valence-corrected chi connectivity index (χ2v) is 5.07. The van der Waals surface area contributed by atoms with Gasteiger partial charge in [-0.1, -0.05) is 20.8 Å². The van der Waals surface area contributed by atoms with Crippen LogP contribution in [0.1, 0.15) is 33.6 Å². The third kappa shape index (κ3) is 2.61. The summed E-state index contributed by atoms with van der Waals surface area (Å²) in [4.78, 5) is 10.8. The Balaban J connectivity index is 0.00000169. The molecule has 0 amide bonds. The number of carboxylic acids is 1. The molecule has 1 saturated carbocycles. The lowest BCUT2D eigenvalue weighted by Gasteiger charge is -2.31. The zero-order valence-electron chi connectivity index (χ0n) is 8.99. The number of nitrogens with two attached hydrogens (primary N) is 1. The molecule has 0 aliphatic heterocycles. The summed E-state index contributed by atoms with van der Waals surface area (Å²) >= 11 is 0. The van der Waals surface area contributed by atoms with Crippen molar-refractivity contribution in [3.05, 3.63) is 0 Å². The summed E-state index contributed by atoms with van der Waals surface area (Å²) in [6.07, 6.45) is 1.68. The second kappa shape index (κ2) is 4.49. The molecule has 3 nitrogen and oxygen atoms in total. The zero-order valence-corrected chi connectivity index (χ0v) is 9.80. The number of carbonyl (C=O) groups is 1. The largest absolute Gasteiger partial charge is 0.481 e.